The van der Waals surface area contributed by atoms with Crippen molar-refractivity contribution in [1.29, 1.82) is 0 Å². The quantitative estimate of drug-likeness (QED) is 0.463. The molecule has 0 spiro atoms. The fraction of sp³-hybridized carbons (Fsp3) is 0.273. The number of rotatable bonds is 5. The van der Waals surface area contributed by atoms with Gasteiger partial charge in [0.1, 0.15) is 11.5 Å². The molecule has 7 nitrogen and oxygen atoms in total. The molecule has 0 fully saturated rings. The molecule has 0 saturated carbocycles. The standard InChI is InChI=1S/C11H13NO6S.K/c1-7(13)5-11(14)12-9-6-8(19(15,16)17)3-4-10(9)18-2;/h3-4,6H,5H2,1-2H3,(H,12,14)(H,15,16,17);. The van der Waals surface area contributed by atoms with Crippen LogP contribution in [0.15, 0.2) is 23.1 Å². The third kappa shape index (κ3) is 6.00. The Labute approximate surface area is 159 Å². The molecule has 1 aromatic rings. The Morgan fingerprint density at radius 1 is 1.35 bits per heavy atom. The van der Waals surface area contributed by atoms with E-state index in [4.69, 9.17) is 9.29 Å². The van der Waals surface area contributed by atoms with Crippen LogP contribution in [0, 0.1) is 0 Å². The molecule has 0 aliphatic carbocycles. The summed E-state index contributed by atoms with van der Waals surface area (Å²) in [7, 11) is -3.05. The third-order valence-corrected chi connectivity index (χ3v) is 3.00. The van der Waals surface area contributed by atoms with Crippen LogP contribution < -0.4 is 10.1 Å². The Balaban J connectivity index is 0.00000361. The second-order valence-corrected chi connectivity index (χ2v) is 5.19. The van der Waals surface area contributed by atoms with E-state index >= 15 is 0 Å². The second-order valence-electron chi connectivity index (χ2n) is 3.76. The first-order valence-corrected chi connectivity index (χ1v) is 6.63. The molecule has 0 atom stereocenters. The van der Waals surface area contributed by atoms with Gasteiger partial charge in [0, 0.05) is 51.4 Å². The number of hydrogen-bond donors (Lipinski definition) is 2. The number of benzene rings is 1. The molecular weight excluding hydrogens is 313 g/mol. The third-order valence-electron chi connectivity index (χ3n) is 2.15. The maximum absolute atomic E-state index is 11.5. The van der Waals surface area contributed by atoms with Crippen LogP contribution in [0.4, 0.5) is 5.69 Å². The molecule has 0 aromatic heterocycles. The monoisotopic (exact) mass is 326 g/mol. The number of carbonyl (C=O) groups is 2. The van der Waals surface area contributed by atoms with E-state index in [0.717, 1.165) is 12.1 Å². The summed E-state index contributed by atoms with van der Waals surface area (Å²) in [5.41, 5.74) is 0.0591. The summed E-state index contributed by atoms with van der Waals surface area (Å²) in [6.45, 7) is 1.26. The van der Waals surface area contributed by atoms with E-state index in [2.05, 4.69) is 5.32 Å². The van der Waals surface area contributed by atoms with Crippen LogP contribution in [-0.4, -0.2) is 83.2 Å². The van der Waals surface area contributed by atoms with E-state index in [9.17, 15) is 18.0 Å². The van der Waals surface area contributed by atoms with Gasteiger partial charge in [-0.25, -0.2) is 0 Å². The molecule has 0 saturated heterocycles. The number of anilines is 1. The van der Waals surface area contributed by atoms with Crippen molar-refractivity contribution >= 4 is 78.9 Å². The van der Waals surface area contributed by atoms with Gasteiger partial charge in [0.15, 0.2) is 0 Å². The first-order chi connectivity index (χ1) is 8.74. The maximum atomic E-state index is 11.5. The zero-order valence-electron chi connectivity index (χ0n) is 11.3. The van der Waals surface area contributed by atoms with E-state index in [1.807, 2.05) is 0 Å². The Bertz CT molecular complexity index is 613. The molecule has 0 bridgehead atoms. The molecule has 0 unspecified atom stereocenters. The van der Waals surface area contributed by atoms with E-state index in [1.165, 1.54) is 20.1 Å². The van der Waals surface area contributed by atoms with Crippen LogP contribution >= 0.6 is 0 Å². The van der Waals surface area contributed by atoms with Crippen molar-refractivity contribution in [2.75, 3.05) is 12.4 Å². The SMILES string of the molecule is COc1ccc(S(=O)(=O)O)cc1NC(=O)CC(C)=O.[K]. The first kappa shape index (κ1) is 19.7. The molecule has 0 aliphatic rings. The van der Waals surface area contributed by atoms with Crippen molar-refractivity contribution < 1.29 is 27.3 Å². The fourth-order valence-electron chi connectivity index (χ4n) is 1.37. The van der Waals surface area contributed by atoms with Gasteiger partial charge in [0.25, 0.3) is 10.1 Å². The molecule has 1 radical (unpaired) electrons. The molecule has 0 aliphatic heterocycles. The smallest absolute Gasteiger partial charge is 0.294 e. The Morgan fingerprint density at radius 2 is 1.95 bits per heavy atom. The zero-order chi connectivity index (χ0) is 14.6. The molecule has 1 aromatic carbocycles. The van der Waals surface area contributed by atoms with E-state index in [-0.39, 0.29) is 79.9 Å². The normalized spacial score (nSPS) is 10.3. The van der Waals surface area contributed by atoms with Crippen molar-refractivity contribution in [2.45, 2.75) is 18.2 Å². The van der Waals surface area contributed by atoms with Gasteiger partial charge in [0.2, 0.25) is 5.91 Å². The summed E-state index contributed by atoms with van der Waals surface area (Å²) < 4.78 is 35.9. The average Bonchev–Trinajstić information content (AvgIpc) is 2.26. The fourth-order valence-corrected chi connectivity index (χ4v) is 1.87. The molecular formula is C11H13KNO6S. The molecule has 1 rings (SSSR count). The number of ketones is 1. The Hall–Kier alpha value is -0.294. The van der Waals surface area contributed by atoms with Crippen molar-refractivity contribution in [3.8, 4) is 5.75 Å². The van der Waals surface area contributed by atoms with Gasteiger partial charge in [-0.2, -0.15) is 8.42 Å². The second kappa shape index (κ2) is 8.22. The molecule has 9 heteroatoms. The summed E-state index contributed by atoms with van der Waals surface area (Å²) in [6.07, 6.45) is -0.334. The number of nitrogens with one attached hydrogen (secondary N) is 1. The van der Waals surface area contributed by atoms with Crippen LogP contribution in [0.3, 0.4) is 0 Å². The predicted octanol–water partition coefficient (Wildman–Crippen LogP) is 0.479. The predicted molar refractivity (Wildman–Crippen MR) is 72.5 cm³/mol. The minimum Gasteiger partial charge on any atom is -0.495 e. The van der Waals surface area contributed by atoms with Crippen LogP contribution in [0.1, 0.15) is 13.3 Å². The van der Waals surface area contributed by atoms with E-state index in [0.29, 0.717) is 0 Å². The van der Waals surface area contributed by atoms with E-state index in [1.54, 1.807) is 0 Å². The number of hydrogen-bond acceptors (Lipinski definition) is 5. The van der Waals surface area contributed by atoms with Gasteiger partial charge < -0.3 is 10.1 Å². The molecule has 0 heterocycles. The number of Topliss-reactive ketones (excluding diaryl/α,β-unsaturated/α-hetero) is 1. The van der Waals surface area contributed by atoms with Gasteiger partial charge >= 0.3 is 0 Å². The van der Waals surface area contributed by atoms with Gasteiger partial charge in [-0.15, -0.1) is 0 Å². The van der Waals surface area contributed by atoms with Gasteiger partial charge in [-0.1, -0.05) is 0 Å². The molecule has 1 amide bonds. The largest absolute Gasteiger partial charge is 0.495 e. The Morgan fingerprint density at radius 3 is 2.40 bits per heavy atom. The van der Waals surface area contributed by atoms with Gasteiger partial charge in [-0.05, 0) is 25.1 Å². The summed E-state index contributed by atoms with van der Waals surface area (Å²) >= 11 is 0. The number of carbonyl (C=O) groups excluding carboxylic acids is 2. The topological polar surface area (TPSA) is 110 Å². The van der Waals surface area contributed by atoms with Crippen LogP contribution in [0.25, 0.3) is 0 Å². The average molecular weight is 326 g/mol. The molecule has 2 N–H and O–H groups in total. The number of ether oxygens (including phenoxy) is 1. The van der Waals surface area contributed by atoms with Crippen molar-refractivity contribution in [2.24, 2.45) is 0 Å². The minimum absolute atomic E-state index is 0. The van der Waals surface area contributed by atoms with Gasteiger partial charge in [0.05, 0.1) is 24.1 Å². The molecule has 105 valence electrons. The van der Waals surface area contributed by atoms with Crippen molar-refractivity contribution in [3.63, 3.8) is 0 Å². The van der Waals surface area contributed by atoms with Crippen LogP contribution in [0.2, 0.25) is 0 Å². The summed E-state index contributed by atoms with van der Waals surface area (Å²) in [5, 5.41) is 2.34. The summed E-state index contributed by atoms with van der Waals surface area (Å²) in [6, 6.07) is 3.47. The van der Waals surface area contributed by atoms with E-state index < -0.39 is 16.0 Å². The number of amides is 1. The van der Waals surface area contributed by atoms with Crippen molar-refractivity contribution in [1.82, 2.24) is 0 Å². The summed E-state index contributed by atoms with van der Waals surface area (Å²) in [4.78, 5) is 21.9. The summed E-state index contributed by atoms with van der Waals surface area (Å²) in [5.74, 6) is -0.718. The minimum atomic E-state index is -4.38. The first-order valence-electron chi connectivity index (χ1n) is 5.19. The maximum Gasteiger partial charge on any atom is 0.294 e. The van der Waals surface area contributed by atoms with Crippen molar-refractivity contribution in [3.05, 3.63) is 18.2 Å². The van der Waals surface area contributed by atoms with Gasteiger partial charge in [-0.3, -0.25) is 14.1 Å². The number of methoxy groups -OCH3 is 1. The van der Waals surface area contributed by atoms with Crippen LogP contribution in [0.5, 0.6) is 5.75 Å². The van der Waals surface area contributed by atoms with Crippen LogP contribution in [-0.2, 0) is 19.7 Å². The zero-order valence-corrected chi connectivity index (χ0v) is 15.3. The Kier molecular flexibility index (Phi) is 8.10. The molecule has 20 heavy (non-hydrogen) atoms.